The summed E-state index contributed by atoms with van der Waals surface area (Å²) in [6.45, 7) is 6.78. The molecule has 2 N–H and O–H groups in total. The number of likely N-dealkylation sites (tertiary alicyclic amines) is 1. The second-order valence-corrected chi connectivity index (χ2v) is 13.2. The van der Waals surface area contributed by atoms with Crippen LogP contribution in [-0.4, -0.2) is 120 Å². The molecule has 3 aromatic rings. The van der Waals surface area contributed by atoms with Gasteiger partial charge < -0.3 is 34.6 Å². The Hall–Kier alpha value is -5.07. The minimum absolute atomic E-state index is 0.170. The van der Waals surface area contributed by atoms with E-state index in [0.717, 1.165) is 45.1 Å². The molecule has 50 heavy (non-hydrogen) atoms. The average Bonchev–Trinajstić information content (AvgIpc) is 3.54. The van der Waals surface area contributed by atoms with Crippen LogP contribution in [0.4, 0.5) is 21.8 Å². The number of nitrogens with one attached hydrogen (secondary N) is 2. The smallest absolute Gasteiger partial charge is 0.245 e. The molecule has 3 atom stereocenters. The lowest BCUT2D eigenvalue weighted by atomic mass is 9.92. The maximum absolute atomic E-state index is 15.9. The van der Waals surface area contributed by atoms with E-state index in [1.807, 2.05) is 12.1 Å². The molecular weight excluding hydrogens is 645 g/mol. The number of methoxy groups -OCH3 is 1. The third kappa shape index (κ3) is 6.99. The minimum Gasteiger partial charge on any atom is -0.486 e. The molecular formula is C35H40FN9O5. The number of amides is 2. The Bertz CT molecular complexity index is 1790. The molecule has 2 amide bonds. The summed E-state index contributed by atoms with van der Waals surface area (Å²) in [6, 6.07) is 12.7. The highest BCUT2D eigenvalue weighted by atomic mass is 19.1. The van der Waals surface area contributed by atoms with Gasteiger partial charge in [-0.3, -0.25) is 14.5 Å². The molecule has 14 nitrogen and oxygen atoms in total. The molecule has 0 radical (unpaired) electrons. The van der Waals surface area contributed by atoms with Crippen LogP contribution >= 0.6 is 0 Å². The molecule has 262 valence electrons. The number of pyridine rings is 1. The van der Waals surface area contributed by atoms with Gasteiger partial charge in [0.2, 0.25) is 23.6 Å². The summed E-state index contributed by atoms with van der Waals surface area (Å²) in [5, 5.41) is 15.8. The highest BCUT2D eigenvalue weighted by Crippen LogP contribution is 2.34. The molecule has 2 aromatic heterocycles. The normalized spacial score (nSPS) is 24.2. The third-order valence-corrected chi connectivity index (χ3v) is 9.82. The van der Waals surface area contributed by atoms with Crippen molar-refractivity contribution >= 4 is 29.3 Å². The van der Waals surface area contributed by atoms with Crippen LogP contribution in [-0.2, 0) is 14.3 Å². The molecule has 1 aromatic carbocycles. The van der Waals surface area contributed by atoms with E-state index in [4.69, 9.17) is 14.2 Å². The van der Waals surface area contributed by atoms with E-state index in [1.54, 1.807) is 37.6 Å². The molecule has 7 rings (SSSR count). The Labute approximate surface area is 289 Å². The van der Waals surface area contributed by atoms with E-state index in [2.05, 4.69) is 41.5 Å². The SMILES string of the molecule is COc1nc(Nc2nccc(-c3ccc(OC4CCN(C(=O)[C@@H]5CCC(=O)N5)CC4(C)F)c(C#N)c3)n2)ccc1N1CCN(C2COC2)CC1. The van der Waals surface area contributed by atoms with Crippen LogP contribution < -0.4 is 25.0 Å². The second-order valence-electron chi connectivity index (χ2n) is 13.2. The van der Waals surface area contributed by atoms with Crippen molar-refractivity contribution in [1.29, 1.82) is 5.26 Å². The highest BCUT2D eigenvalue weighted by molar-refractivity contribution is 5.91. The van der Waals surface area contributed by atoms with Crippen molar-refractivity contribution < 1.29 is 28.2 Å². The summed E-state index contributed by atoms with van der Waals surface area (Å²) < 4.78 is 33.0. The maximum Gasteiger partial charge on any atom is 0.245 e. The van der Waals surface area contributed by atoms with Gasteiger partial charge in [0.15, 0.2) is 5.67 Å². The summed E-state index contributed by atoms with van der Waals surface area (Å²) in [4.78, 5) is 44.3. The summed E-state index contributed by atoms with van der Waals surface area (Å²) >= 11 is 0. The first kappa shape index (κ1) is 33.4. The predicted octanol–water partition coefficient (Wildman–Crippen LogP) is 2.67. The van der Waals surface area contributed by atoms with E-state index in [1.165, 1.54) is 11.8 Å². The zero-order valence-electron chi connectivity index (χ0n) is 28.1. The van der Waals surface area contributed by atoms with Gasteiger partial charge in [-0.1, -0.05) is 0 Å². The van der Waals surface area contributed by atoms with Crippen molar-refractivity contribution in [3.05, 3.63) is 48.2 Å². The maximum atomic E-state index is 15.9. The van der Waals surface area contributed by atoms with Crippen molar-refractivity contribution in [3.63, 3.8) is 0 Å². The number of aromatic nitrogens is 3. The lowest BCUT2D eigenvalue weighted by Gasteiger charge is -2.43. The summed E-state index contributed by atoms with van der Waals surface area (Å²) in [5.74, 6) is 1.13. The van der Waals surface area contributed by atoms with Crippen molar-refractivity contribution in [2.75, 3.05) is 69.8 Å². The number of hydrogen-bond donors (Lipinski definition) is 2. The minimum atomic E-state index is -1.87. The summed E-state index contributed by atoms with van der Waals surface area (Å²) in [7, 11) is 1.60. The Morgan fingerprint density at radius 2 is 1.94 bits per heavy atom. The molecule has 4 fully saturated rings. The number of piperazine rings is 1. The molecule has 2 unspecified atom stereocenters. The molecule has 0 aliphatic carbocycles. The van der Waals surface area contributed by atoms with Crippen LogP contribution in [0.15, 0.2) is 42.6 Å². The zero-order valence-corrected chi connectivity index (χ0v) is 28.1. The standard InChI is InChI=1S/C35H40FN9O5/c1-35(36)21-45(33(47)26-4-8-31(46)39-26)12-10-29(35)50-28-6-3-22(17-23(28)18-37)25-9-11-38-34(40-25)42-30-7-5-27(32(41-30)48-2)44-15-13-43(14-16-44)24-19-49-20-24/h3,5-7,9,11,17,24,26,29H,4,8,10,12-16,19-21H2,1-2H3,(H,39,46)(H,38,40,41,42)/t26-,29?,35?/m0/s1. The fourth-order valence-corrected chi connectivity index (χ4v) is 6.90. The van der Waals surface area contributed by atoms with Crippen molar-refractivity contribution in [3.8, 4) is 29.0 Å². The third-order valence-electron chi connectivity index (χ3n) is 9.82. The number of anilines is 3. The molecule has 0 spiro atoms. The van der Waals surface area contributed by atoms with Crippen LogP contribution in [0.1, 0.15) is 31.7 Å². The van der Waals surface area contributed by atoms with Gasteiger partial charge >= 0.3 is 0 Å². The van der Waals surface area contributed by atoms with Crippen LogP contribution in [0.3, 0.4) is 0 Å². The van der Waals surface area contributed by atoms with Crippen molar-refractivity contribution in [1.82, 2.24) is 30.1 Å². The van der Waals surface area contributed by atoms with Crippen molar-refractivity contribution in [2.45, 2.75) is 50.0 Å². The fraction of sp³-hybridized carbons (Fsp3) is 0.486. The first-order valence-corrected chi connectivity index (χ1v) is 16.9. The number of nitriles is 1. The first-order chi connectivity index (χ1) is 24.2. The van der Waals surface area contributed by atoms with Crippen LogP contribution in [0, 0.1) is 11.3 Å². The molecule has 4 aliphatic heterocycles. The lowest BCUT2D eigenvalue weighted by molar-refractivity contribution is -0.141. The molecule has 0 bridgehead atoms. The van der Waals surface area contributed by atoms with Gasteiger partial charge in [-0.2, -0.15) is 10.2 Å². The van der Waals surface area contributed by atoms with Gasteiger partial charge in [-0.05, 0) is 49.7 Å². The highest BCUT2D eigenvalue weighted by Gasteiger charge is 2.45. The first-order valence-electron chi connectivity index (χ1n) is 16.9. The number of hydrogen-bond acceptors (Lipinski definition) is 12. The number of benzene rings is 1. The number of piperidine rings is 1. The zero-order chi connectivity index (χ0) is 34.8. The van der Waals surface area contributed by atoms with Gasteiger partial charge in [-0.25, -0.2) is 14.4 Å². The fourth-order valence-electron chi connectivity index (χ4n) is 6.90. The van der Waals surface area contributed by atoms with Gasteiger partial charge in [0.1, 0.15) is 35.5 Å². The van der Waals surface area contributed by atoms with E-state index in [9.17, 15) is 14.9 Å². The number of halogens is 1. The van der Waals surface area contributed by atoms with Crippen LogP contribution in [0.2, 0.25) is 0 Å². The largest absolute Gasteiger partial charge is 0.486 e. The number of alkyl halides is 1. The molecule has 4 aliphatic rings. The quantitative estimate of drug-likeness (QED) is 0.340. The summed E-state index contributed by atoms with van der Waals surface area (Å²) in [5.41, 5.74) is 0.488. The predicted molar refractivity (Wildman–Crippen MR) is 181 cm³/mol. The number of nitrogens with zero attached hydrogens (tertiary/aromatic N) is 7. The van der Waals surface area contributed by atoms with Crippen LogP contribution in [0.5, 0.6) is 11.6 Å². The van der Waals surface area contributed by atoms with E-state index in [0.29, 0.717) is 47.8 Å². The Kier molecular flexibility index (Phi) is 9.39. The van der Waals surface area contributed by atoms with Gasteiger partial charge in [0.25, 0.3) is 0 Å². The monoisotopic (exact) mass is 685 g/mol. The van der Waals surface area contributed by atoms with Gasteiger partial charge in [-0.15, -0.1) is 0 Å². The second kappa shape index (κ2) is 14.0. The molecule has 15 heteroatoms. The topological polar surface area (TPSA) is 158 Å². The average molecular weight is 686 g/mol. The molecule has 6 heterocycles. The Morgan fingerprint density at radius 1 is 1.12 bits per heavy atom. The van der Waals surface area contributed by atoms with E-state index < -0.39 is 17.8 Å². The lowest BCUT2D eigenvalue weighted by Crippen LogP contribution is -2.58. The molecule has 4 saturated heterocycles. The number of ether oxygens (including phenoxy) is 3. The van der Waals surface area contributed by atoms with Gasteiger partial charge in [0.05, 0.1) is 44.2 Å². The summed E-state index contributed by atoms with van der Waals surface area (Å²) in [6.07, 6.45) is 1.67. The Morgan fingerprint density at radius 3 is 2.62 bits per heavy atom. The van der Waals surface area contributed by atoms with E-state index >= 15 is 4.39 Å². The van der Waals surface area contributed by atoms with Crippen LogP contribution in [0.25, 0.3) is 11.3 Å². The van der Waals surface area contributed by atoms with Crippen molar-refractivity contribution in [2.24, 2.45) is 0 Å². The Balaban J connectivity index is 0.999. The van der Waals surface area contributed by atoms with Gasteiger partial charge in [0, 0.05) is 57.3 Å². The van der Waals surface area contributed by atoms with E-state index in [-0.39, 0.29) is 42.6 Å². The number of rotatable bonds is 9. The molecule has 0 saturated carbocycles. The number of carbonyl (C=O) groups is 2. The number of carbonyl (C=O) groups excluding carboxylic acids is 2.